The first-order valence-corrected chi connectivity index (χ1v) is 9.21. The third-order valence-corrected chi connectivity index (χ3v) is 5.33. The first-order valence-electron chi connectivity index (χ1n) is 9.21. The fourth-order valence-corrected chi connectivity index (χ4v) is 4.08. The predicted molar refractivity (Wildman–Crippen MR) is 95.1 cm³/mol. The van der Waals surface area contributed by atoms with Crippen LogP contribution in [-0.4, -0.2) is 33.7 Å². The van der Waals surface area contributed by atoms with E-state index < -0.39 is 0 Å². The number of benzene rings is 1. The summed E-state index contributed by atoms with van der Waals surface area (Å²) in [5, 5.41) is 4.99. The van der Waals surface area contributed by atoms with E-state index >= 15 is 0 Å². The molecule has 5 nitrogen and oxygen atoms in total. The molecule has 1 fully saturated rings. The molecular formula is C20H25N3O2. The lowest BCUT2D eigenvalue weighted by molar-refractivity contribution is -0.132. The van der Waals surface area contributed by atoms with E-state index in [1.807, 2.05) is 11.0 Å². The Kier molecular flexibility index (Phi) is 4.57. The van der Waals surface area contributed by atoms with Gasteiger partial charge in [-0.15, -0.1) is 0 Å². The lowest BCUT2D eigenvalue weighted by atomic mass is 9.95. The molecule has 1 aromatic carbocycles. The summed E-state index contributed by atoms with van der Waals surface area (Å²) in [5.41, 5.74) is 4.79. The summed E-state index contributed by atoms with van der Waals surface area (Å²) in [6.45, 7) is 4.63. The molecule has 25 heavy (non-hydrogen) atoms. The Morgan fingerprint density at radius 2 is 2.12 bits per heavy atom. The second-order valence-corrected chi connectivity index (χ2v) is 6.98. The van der Waals surface area contributed by atoms with Crippen molar-refractivity contribution in [2.45, 2.75) is 51.8 Å². The van der Waals surface area contributed by atoms with Crippen LogP contribution in [0.1, 0.15) is 54.7 Å². The average molecular weight is 339 g/mol. The molecule has 3 heterocycles. The minimum absolute atomic E-state index is 0.0960. The number of fused-ring (bicyclic) bond motifs is 1. The molecule has 2 aliphatic rings. The Balaban J connectivity index is 1.71. The normalized spacial score (nSPS) is 20.4. The Morgan fingerprint density at radius 3 is 2.92 bits per heavy atom. The van der Waals surface area contributed by atoms with Gasteiger partial charge in [0.25, 0.3) is 0 Å². The number of hydrogen-bond acceptors (Lipinski definition) is 3. The van der Waals surface area contributed by atoms with Crippen molar-refractivity contribution in [2.75, 3.05) is 13.2 Å². The van der Waals surface area contributed by atoms with Crippen LogP contribution in [0.3, 0.4) is 0 Å². The second kappa shape index (κ2) is 7.00. The van der Waals surface area contributed by atoms with Crippen molar-refractivity contribution < 1.29 is 9.53 Å². The van der Waals surface area contributed by atoms with Gasteiger partial charge in [-0.2, -0.15) is 5.10 Å². The molecule has 1 amide bonds. The molecule has 2 aliphatic heterocycles. The number of nitrogens with zero attached hydrogens (tertiary/aromatic N) is 3. The highest BCUT2D eigenvalue weighted by Gasteiger charge is 2.32. The van der Waals surface area contributed by atoms with Crippen molar-refractivity contribution in [2.24, 2.45) is 0 Å². The van der Waals surface area contributed by atoms with Crippen LogP contribution in [0.25, 0.3) is 0 Å². The van der Waals surface area contributed by atoms with E-state index in [1.54, 1.807) is 6.92 Å². The Morgan fingerprint density at radius 1 is 1.28 bits per heavy atom. The molecule has 132 valence electrons. The molecule has 2 aromatic rings. The average Bonchev–Trinajstić information content (AvgIpc) is 3.01. The van der Waals surface area contributed by atoms with E-state index in [-0.39, 0.29) is 11.9 Å². The second-order valence-electron chi connectivity index (χ2n) is 6.98. The molecule has 0 aliphatic carbocycles. The van der Waals surface area contributed by atoms with Crippen LogP contribution in [0.15, 0.2) is 30.3 Å². The molecule has 5 heteroatoms. The molecule has 1 unspecified atom stereocenters. The predicted octanol–water partition coefficient (Wildman–Crippen LogP) is 3.08. The third kappa shape index (κ3) is 3.21. The Bertz CT molecular complexity index is 754. The van der Waals surface area contributed by atoms with Gasteiger partial charge in [-0.25, -0.2) is 0 Å². The molecule has 1 aromatic heterocycles. The van der Waals surface area contributed by atoms with E-state index in [0.29, 0.717) is 6.61 Å². The highest BCUT2D eigenvalue weighted by atomic mass is 16.5. The van der Waals surface area contributed by atoms with Gasteiger partial charge in [0.2, 0.25) is 5.91 Å². The molecule has 4 rings (SSSR count). The van der Waals surface area contributed by atoms with Crippen LogP contribution in [0.2, 0.25) is 0 Å². The maximum atomic E-state index is 12.1. The van der Waals surface area contributed by atoms with Gasteiger partial charge in [-0.3, -0.25) is 9.48 Å². The smallest absolute Gasteiger partial charge is 0.220 e. The van der Waals surface area contributed by atoms with Crippen molar-refractivity contribution in [1.82, 2.24) is 14.7 Å². The number of rotatable bonds is 3. The van der Waals surface area contributed by atoms with Crippen molar-refractivity contribution in [1.29, 1.82) is 0 Å². The van der Waals surface area contributed by atoms with Crippen molar-refractivity contribution >= 4 is 5.91 Å². The molecule has 0 radical (unpaired) electrons. The summed E-state index contributed by atoms with van der Waals surface area (Å²) in [7, 11) is 0. The minimum Gasteiger partial charge on any atom is -0.376 e. The minimum atomic E-state index is 0.0960. The quantitative estimate of drug-likeness (QED) is 0.863. The number of carbonyl (C=O) groups excluding carboxylic acids is 1. The number of piperidine rings is 1. The van der Waals surface area contributed by atoms with Gasteiger partial charge < -0.3 is 9.64 Å². The highest BCUT2D eigenvalue weighted by Crippen LogP contribution is 2.35. The van der Waals surface area contributed by atoms with Crippen LogP contribution in [0, 0.1) is 0 Å². The van der Waals surface area contributed by atoms with Gasteiger partial charge in [-0.05, 0) is 24.8 Å². The summed E-state index contributed by atoms with van der Waals surface area (Å²) in [6, 6.07) is 10.5. The first kappa shape index (κ1) is 16.3. The molecule has 1 atom stereocenters. The molecule has 0 bridgehead atoms. The number of amides is 1. The Labute approximate surface area is 148 Å². The van der Waals surface area contributed by atoms with E-state index in [2.05, 4.69) is 28.9 Å². The summed E-state index contributed by atoms with van der Waals surface area (Å²) in [4.78, 5) is 14.1. The zero-order valence-corrected chi connectivity index (χ0v) is 14.8. The zero-order valence-electron chi connectivity index (χ0n) is 14.8. The fourth-order valence-electron chi connectivity index (χ4n) is 4.08. The van der Waals surface area contributed by atoms with E-state index in [0.717, 1.165) is 51.1 Å². The topological polar surface area (TPSA) is 47.4 Å². The fraction of sp³-hybridized carbons (Fsp3) is 0.500. The van der Waals surface area contributed by atoms with E-state index in [1.165, 1.54) is 16.8 Å². The van der Waals surface area contributed by atoms with Crippen LogP contribution in [0.4, 0.5) is 0 Å². The van der Waals surface area contributed by atoms with Crippen LogP contribution >= 0.6 is 0 Å². The molecule has 0 N–H and O–H groups in total. The molecular weight excluding hydrogens is 314 g/mol. The van der Waals surface area contributed by atoms with E-state index in [4.69, 9.17) is 9.84 Å². The van der Waals surface area contributed by atoms with Crippen LogP contribution < -0.4 is 0 Å². The number of ether oxygens (including phenoxy) is 1. The maximum Gasteiger partial charge on any atom is 0.220 e. The summed E-state index contributed by atoms with van der Waals surface area (Å²) >= 11 is 0. The van der Waals surface area contributed by atoms with Gasteiger partial charge >= 0.3 is 0 Å². The van der Waals surface area contributed by atoms with Gasteiger partial charge in [0.15, 0.2) is 0 Å². The van der Waals surface area contributed by atoms with Crippen molar-refractivity contribution in [3.8, 4) is 0 Å². The van der Waals surface area contributed by atoms with Gasteiger partial charge in [-0.1, -0.05) is 30.3 Å². The molecule has 0 spiro atoms. The van der Waals surface area contributed by atoms with Crippen LogP contribution in [0.5, 0.6) is 0 Å². The lowest BCUT2D eigenvalue weighted by Gasteiger charge is -2.34. The lowest BCUT2D eigenvalue weighted by Crippen LogP contribution is -2.37. The van der Waals surface area contributed by atoms with Gasteiger partial charge in [0.05, 0.1) is 31.5 Å². The van der Waals surface area contributed by atoms with Gasteiger partial charge in [0.1, 0.15) is 0 Å². The number of hydrogen-bond donors (Lipinski definition) is 0. The summed E-state index contributed by atoms with van der Waals surface area (Å²) < 4.78 is 7.86. The maximum absolute atomic E-state index is 12.1. The monoisotopic (exact) mass is 339 g/mol. The summed E-state index contributed by atoms with van der Waals surface area (Å²) in [5.74, 6) is 0.146. The van der Waals surface area contributed by atoms with E-state index in [9.17, 15) is 4.79 Å². The van der Waals surface area contributed by atoms with Crippen molar-refractivity contribution in [3.05, 3.63) is 52.8 Å². The standard InChI is InChI=1S/C20H25N3O2/c1-15(24)22-11-6-5-9-19(22)20-17-14-25-12-10-18(17)23(21-20)13-16-7-3-2-4-8-16/h2-4,7-8,19H,5-6,9-14H2,1H3. The van der Waals surface area contributed by atoms with Gasteiger partial charge in [0, 0.05) is 31.1 Å². The van der Waals surface area contributed by atoms with Crippen molar-refractivity contribution in [3.63, 3.8) is 0 Å². The summed E-state index contributed by atoms with van der Waals surface area (Å²) in [6.07, 6.45) is 4.12. The number of likely N-dealkylation sites (tertiary alicyclic amines) is 1. The molecule has 1 saturated heterocycles. The number of carbonyl (C=O) groups is 1. The molecule has 0 saturated carbocycles. The third-order valence-electron chi connectivity index (χ3n) is 5.33. The number of aromatic nitrogens is 2. The largest absolute Gasteiger partial charge is 0.376 e. The van der Waals surface area contributed by atoms with Crippen LogP contribution in [-0.2, 0) is 29.1 Å². The first-order chi connectivity index (χ1) is 12.2. The SMILES string of the molecule is CC(=O)N1CCCCC1c1nn(Cc2ccccc2)c2c1COCC2. The zero-order chi connectivity index (χ0) is 17.2. The Hall–Kier alpha value is -2.14. The highest BCUT2D eigenvalue weighted by molar-refractivity contribution is 5.74.